The second kappa shape index (κ2) is 6.00. The Kier molecular flexibility index (Phi) is 4.65. The van der Waals surface area contributed by atoms with Gasteiger partial charge in [-0.2, -0.15) is 0 Å². The van der Waals surface area contributed by atoms with Gasteiger partial charge < -0.3 is 14.7 Å². The van der Waals surface area contributed by atoms with Crippen LogP contribution in [0.5, 0.6) is 0 Å². The van der Waals surface area contributed by atoms with Crippen LogP contribution in [0.25, 0.3) is 0 Å². The second-order valence-corrected chi connectivity index (χ2v) is 3.73. The third kappa shape index (κ3) is 3.19. The topological polar surface area (TPSA) is 79.7 Å². The van der Waals surface area contributed by atoms with Crippen molar-refractivity contribution in [2.24, 2.45) is 0 Å². The van der Waals surface area contributed by atoms with E-state index in [1.165, 1.54) is 6.07 Å². The molecule has 98 valence electrons. The highest BCUT2D eigenvalue weighted by atomic mass is 16.5. The summed E-state index contributed by atoms with van der Waals surface area (Å²) in [4.78, 5) is 27.9. The molecule has 0 saturated carbocycles. The van der Waals surface area contributed by atoms with Crippen molar-refractivity contribution < 1.29 is 19.4 Å². The minimum atomic E-state index is -1.10. The van der Waals surface area contributed by atoms with E-state index in [1.807, 2.05) is 0 Å². The smallest absolute Gasteiger partial charge is 0.354 e. The Morgan fingerprint density at radius 2 is 2.17 bits per heavy atom. The zero-order valence-electron chi connectivity index (χ0n) is 10.6. The van der Waals surface area contributed by atoms with Crippen molar-refractivity contribution in [3.05, 3.63) is 23.9 Å². The number of likely N-dealkylation sites (N-methyl/N-ethyl adjacent to an activating group) is 1. The van der Waals surface area contributed by atoms with Crippen LogP contribution in [-0.4, -0.2) is 41.7 Å². The van der Waals surface area contributed by atoms with E-state index in [4.69, 9.17) is 9.84 Å². The average Bonchev–Trinajstić information content (AvgIpc) is 2.37. The lowest BCUT2D eigenvalue weighted by molar-refractivity contribution is -0.144. The normalized spacial score (nSPS) is 11.7. The molecule has 0 spiro atoms. The lowest BCUT2D eigenvalue weighted by Crippen LogP contribution is -2.37. The van der Waals surface area contributed by atoms with Gasteiger partial charge in [0.2, 0.25) is 0 Å². The molecule has 0 aliphatic rings. The van der Waals surface area contributed by atoms with Gasteiger partial charge in [-0.05, 0) is 26.0 Å². The Labute approximate surface area is 105 Å². The highest BCUT2D eigenvalue weighted by Crippen LogP contribution is 2.13. The molecule has 0 amide bonds. The van der Waals surface area contributed by atoms with E-state index in [-0.39, 0.29) is 11.7 Å². The third-order valence-electron chi connectivity index (χ3n) is 2.52. The van der Waals surface area contributed by atoms with E-state index in [0.29, 0.717) is 12.4 Å². The summed E-state index contributed by atoms with van der Waals surface area (Å²) >= 11 is 0. The first kappa shape index (κ1) is 14.0. The van der Waals surface area contributed by atoms with Crippen LogP contribution in [0.4, 0.5) is 5.82 Å². The summed E-state index contributed by atoms with van der Waals surface area (Å²) in [5.74, 6) is -1.06. The molecular formula is C12H16N2O4. The number of aromatic carboxylic acids is 1. The minimum absolute atomic E-state index is 0.0598. The molecule has 1 heterocycles. The summed E-state index contributed by atoms with van der Waals surface area (Å²) < 4.78 is 4.90. The van der Waals surface area contributed by atoms with Gasteiger partial charge in [0.25, 0.3) is 0 Å². The molecule has 1 atom stereocenters. The van der Waals surface area contributed by atoms with Crippen LogP contribution >= 0.6 is 0 Å². The van der Waals surface area contributed by atoms with Crippen LogP contribution < -0.4 is 4.90 Å². The molecule has 1 rings (SSSR count). The first-order chi connectivity index (χ1) is 8.47. The van der Waals surface area contributed by atoms with Gasteiger partial charge >= 0.3 is 11.9 Å². The Balaban J connectivity index is 2.89. The Bertz CT molecular complexity index is 447. The number of pyridine rings is 1. The number of ether oxygens (including phenoxy) is 1. The maximum Gasteiger partial charge on any atom is 0.354 e. The molecular weight excluding hydrogens is 236 g/mol. The van der Waals surface area contributed by atoms with Crippen molar-refractivity contribution >= 4 is 17.8 Å². The predicted octanol–water partition coefficient (Wildman–Crippen LogP) is 1.17. The van der Waals surface area contributed by atoms with Gasteiger partial charge in [0.05, 0.1) is 6.61 Å². The molecule has 1 unspecified atom stereocenters. The Morgan fingerprint density at radius 1 is 1.50 bits per heavy atom. The average molecular weight is 252 g/mol. The maximum absolute atomic E-state index is 11.6. The summed E-state index contributed by atoms with van der Waals surface area (Å²) in [5, 5.41) is 8.85. The number of aromatic nitrogens is 1. The number of hydrogen-bond donors (Lipinski definition) is 1. The van der Waals surface area contributed by atoms with Crippen molar-refractivity contribution in [1.29, 1.82) is 0 Å². The summed E-state index contributed by atoms with van der Waals surface area (Å²) in [7, 11) is 1.66. The Morgan fingerprint density at radius 3 is 2.72 bits per heavy atom. The molecule has 0 aromatic carbocycles. The number of hydrogen-bond acceptors (Lipinski definition) is 5. The molecule has 0 fully saturated rings. The second-order valence-electron chi connectivity index (χ2n) is 3.73. The molecule has 18 heavy (non-hydrogen) atoms. The van der Waals surface area contributed by atoms with Crippen LogP contribution in [0.15, 0.2) is 18.2 Å². The van der Waals surface area contributed by atoms with Gasteiger partial charge in [0.15, 0.2) is 5.69 Å². The summed E-state index contributed by atoms with van der Waals surface area (Å²) in [6.07, 6.45) is 0. The number of nitrogens with zero attached hydrogens (tertiary/aromatic N) is 2. The SMILES string of the molecule is CCOC(=O)C(C)N(C)c1cccc(C(=O)O)n1. The molecule has 1 aromatic rings. The molecule has 0 saturated heterocycles. The standard InChI is InChI=1S/C12H16N2O4/c1-4-18-12(17)8(2)14(3)10-7-5-6-9(13-10)11(15)16/h5-8H,4H2,1-3H3,(H,15,16). The van der Waals surface area contributed by atoms with E-state index >= 15 is 0 Å². The lowest BCUT2D eigenvalue weighted by atomic mass is 10.3. The maximum atomic E-state index is 11.6. The van der Waals surface area contributed by atoms with Crippen molar-refractivity contribution in [3.63, 3.8) is 0 Å². The largest absolute Gasteiger partial charge is 0.477 e. The molecule has 6 heteroatoms. The van der Waals surface area contributed by atoms with Gasteiger partial charge in [-0.15, -0.1) is 0 Å². The number of carboxylic acid groups (broad SMARTS) is 1. The van der Waals surface area contributed by atoms with E-state index in [2.05, 4.69) is 4.98 Å². The van der Waals surface area contributed by atoms with Crippen LogP contribution in [0.1, 0.15) is 24.3 Å². The van der Waals surface area contributed by atoms with E-state index in [0.717, 1.165) is 0 Å². The lowest BCUT2D eigenvalue weighted by Gasteiger charge is -2.24. The summed E-state index contributed by atoms with van der Waals surface area (Å²) in [6, 6.07) is 4.10. The quantitative estimate of drug-likeness (QED) is 0.792. The molecule has 1 N–H and O–H groups in total. The van der Waals surface area contributed by atoms with Crippen LogP contribution in [-0.2, 0) is 9.53 Å². The van der Waals surface area contributed by atoms with Crippen molar-refractivity contribution in [2.45, 2.75) is 19.9 Å². The molecule has 0 radical (unpaired) electrons. The van der Waals surface area contributed by atoms with Crippen LogP contribution in [0.3, 0.4) is 0 Å². The van der Waals surface area contributed by atoms with Crippen molar-refractivity contribution in [2.75, 3.05) is 18.6 Å². The highest BCUT2D eigenvalue weighted by molar-refractivity contribution is 5.86. The first-order valence-corrected chi connectivity index (χ1v) is 5.57. The highest BCUT2D eigenvalue weighted by Gasteiger charge is 2.21. The van der Waals surface area contributed by atoms with Crippen molar-refractivity contribution in [3.8, 4) is 0 Å². The van der Waals surface area contributed by atoms with E-state index in [9.17, 15) is 9.59 Å². The van der Waals surface area contributed by atoms with Crippen LogP contribution in [0.2, 0.25) is 0 Å². The Hall–Kier alpha value is -2.11. The van der Waals surface area contributed by atoms with Gasteiger partial charge in [0, 0.05) is 7.05 Å². The molecule has 0 aliphatic carbocycles. The zero-order chi connectivity index (χ0) is 13.7. The predicted molar refractivity (Wildman–Crippen MR) is 65.7 cm³/mol. The van der Waals surface area contributed by atoms with E-state index < -0.39 is 12.0 Å². The fraction of sp³-hybridized carbons (Fsp3) is 0.417. The minimum Gasteiger partial charge on any atom is -0.477 e. The third-order valence-corrected chi connectivity index (χ3v) is 2.52. The van der Waals surface area contributed by atoms with Crippen molar-refractivity contribution in [1.82, 2.24) is 4.98 Å². The number of anilines is 1. The molecule has 0 aliphatic heterocycles. The zero-order valence-corrected chi connectivity index (χ0v) is 10.6. The number of carboxylic acids is 1. The van der Waals surface area contributed by atoms with Gasteiger partial charge in [-0.3, -0.25) is 0 Å². The number of carbonyl (C=O) groups is 2. The number of esters is 1. The summed E-state index contributed by atoms with van der Waals surface area (Å²) in [5.41, 5.74) is -0.0598. The van der Waals surface area contributed by atoms with Gasteiger partial charge in [0.1, 0.15) is 11.9 Å². The van der Waals surface area contributed by atoms with Gasteiger partial charge in [-0.1, -0.05) is 6.07 Å². The summed E-state index contributed by atoms with van der Waals surface area (Å²) in [6.45, 7) is 3.71. The van der Waals surface area contributed by atoms with E-state index in [1.54, 1.807) is 37.9 Å². The first-order valence-electron chi connectivity index (χ1n) is 5.57. The molecule has 1 aromatic heterocycles. The molecule has 6 nitrogen and oxygen atoms in total. The number of carbonyl (C=O) groups excluding carboxylic acids is 1. The van der Waals surface area contributed by atoms with Crippen LogP contribution in [0, 0.1) is 0 Å². The fourth-order valence-electron chi connectivity index (χ4n) is 1.36. The van der Waals surface area contributed by atoms with Gasteiger partial charge in [-0.25, -0.2) is 14.6 Å². The monoisotopic (exact) mass is 252 g/mol. The molecule has 0 bridgehead atoms. The number of rotatable bonds is 5. The fourth-order valence-corrected chi connectivity index (χ4v) is 1.36.